The van der Waals surface area contributed by atoms with E-state index < -0.39 is 22.7 Å². The third kappa shape index (κ3) is 5.32. The lowest BCUT2D eigenvalue weighted by molar-refractivity contribution is -0.136. The molecule has 170 valence electrons. The van der Waals surface area contributed by atoms with E-state index in [1.807, 2.05) is 0 Å². The van der Waals surface area contributed by atoms with Gasteiger partial charge in [-0.15, -0.1) is 11.3 Å². The minimum absolute atomic E-state index is 0.00168. The van der Waals surface area contributed by atoms with Crippen LogP contribution < -0.4 is 10.9 Å². The fourth-order valence-electron chi connectivity index (χ4n) is 3.79. The number of halogens is 3. The molecule has 0 spiro atoms. The third-order valence-corrected chi connectivity index (χ3v) is 7.06. The van der Waals surface area contributed by atoms with Crippen LogP contribution in [0.1, 0.15) is 44.1 Å². The van der Waals surface area contributed by atoms with Gasteiger partial charge in [0.25, 0.3) is 5.56 Å². The van der Waals surface area contributed by atoms with E-state index in [1.165, 1.54) is 24.2 Å². The van der Waals surface area contributed by atoms with Crippen molar-refractivity contribution in [2.24, 2.45) is 0 Å². The summed E-state index contributed by atoms with van der Waals surface area (Å²) in [7, 11) is 0. The maximum Gasteiger partial charge on any atom is 0.417 e. The average molecular weight is 483 g/mol. The number of thiophene rings is 1. The summed E-state index contributed by atoms with van der Waals surface area (Å²) in [6, 6.07) is 4.37. The summed E-state index contributed by atoms with van der Waals surface area (Å²) in [6.07, 6.45) is 1.64. The first-order valence-electron chi connectivity index (χ1n) is 10.3. The lowest BCUT2D eigenvalue weighted by atomic mass is 10.1. The first kappa shape index (κ1) is 22.8. The largest absolute Gasteiger partial charge is 0.417 e. The third-order valence-electron chi connectivity index (χ3n) is 5.29. The van der Waals surface area contributed by atoms with E-state index in [2.05, 4.69) is 20.3 Å². The fraction of sp³-hybridized carbons (Fsp3) is 0.429. The molecule has 0 atom stereocenters. The quantitative estimate of drug-likeness (QED) is 0.304. The van der Waals surface area contributed by atoms with Gasteiger partial charge in [-0.05, 0) is 30.4 Å². The number of hydrogen-bond acceptors (Lipinski definition) is 6. The fourth-order valence-corrected chi connectivity index (χ4v) is 5.14. The van der Waals surface area contributed by atoms with Crippen LogP contribution in [0.4, 0.5) is 13.2 Å². The van der Waals surface area contributed by atoms with Gasteiger partial charge in [-0.1, -0.05) is 43.5 Å². The highest BCUT2D eigenvalue weighted by molar-refractivity contribution is 7.99. The highest BCUT2D eigenvalue weighted by Gasteiger charge is 2.35. The van der Waals surface area contributed by atoms with Gasteiger partial charge < -0.3 is 10.3 Å². The summed E-state index contributed by atoms with van der Waals surface area (Å²) < 4.78 is 41.0. The van der Waals surface area contributed by atoms with Gasteiger partial charge in [0.05, 0.1) is 27.3 Å². The number of carbonyl (C=O) groups is 1. The molecule has 0 bridgehead atoms. The Bertz CT molecular complexity index is 1150. The van der Waals surface area contributed by atoms with Crippen molar-refractivity contribution in [2.45, 2.75) is 55.9 Å². The van der Waals surface area contributed by atoms with E-state index in [1.54, 1.807) is 17.5 Å². The summed E-state index contributed by atoms with van der Waals surface area (Å²) in [4.78, 5) is 36.1. The van der Waals surface area contributed by atoms with Gasteiger partial charge in [0.2, 0.25) is 5.91 Å². The maximum atomic E-state index is 13.7. The standard InChI is InChI=1S/C21H21F3N4O2S2/c22-21(23,24)13-10-14(15-8-5-9-31-15)26-18-17(13)19(30)28-20(27-18)32-11-16(29)25-12-6-3-1-2-4-7-12/h5,8-10,12H,1-4,6-7,11H2,(H,25,29)(H,26,27,28,30). The van der Waals surface area contributed by atoms with Crippen molar-refractivity contribution < 1.29 is 18.0 Å². The second-order valence-corrected chi connectivity index (χ2v) is 9.56. The molecule has 4 rings (SSSR count). The number of pyridine rings is 1. The summed E-state index contributed by atoms with van der Waals surface area (Å²) in [5.74, 6) is -0.192. The van der Waals surface area contributed by atoms with E-state index in [0.717, 1.165) is 43.5 Å². The van der Waals surface area contributed by atoms with Gasteiger partial charge in [-0.3, -0.25) is 9.59 Å². The number of nitrogens with one attached hydrogen (secondary N) is 2. The van der Waals surface area contributed by atoms with Crippen LogP contribution >= 0.6 is 23.1 Å². The second-order valence-electron chi connectivity index (χ2n) is 7.64. The summed E-state index contributed by atoms with van der Waals surface area (Å²) >= 11 is 2.21. The van der Waals surface area contributed by atoms with Crippen LogP contribution in [-0.2, 0) is 11.0 Å². The van der Waals surface area contributed by atoms with Crippen molar-refractivity contribution in [1.29, 1.82) is 0 Å². The van der Waals surface area contributed by atoms with Crippen molar-refractivity contribution >= 4 is 40.0 Å². The summed E-state index contributed by atoms with van der Waals surface area (Å²) in [5, 5.41) is 4.18. The lowest BCUT2D eigenvalue weighted by Crippen LogP contribution is -2.35. The van der Waals surface area contributed by atoms with Crippen LogP contribution in [0.3, 0.4) is 0 Å². The first-order chi connectivity index (χ1) is 15.3. The van der Waals surface area contributed by atoms with E-state index in [0.29, 0.717) is 4.88 Å². The number of rotatable bonds is 5. The highest BCUT2D eigenvalue weighted by Crippen LogP contribution is 2.36. The molecular formula is C21H21F3N4O2S2. The molecule has 1 fully saturated rings. The normalized spacial score (nSPS) is 15.6. The molecule has 11 heteroatoms. The highest BCUT2D eigenvalue weighted by atomic mass is 32.2. The van der Waals surface area contributed by atoms with Crippen molar-refractivity contribution in [3.63, 3.8) is 0 Å². The SMILES string of the molecule is O=C(CSc1nc2nc(-c3cccs3)cc(C(F)(F)F)c2c(=O)[nH]1)NC1CCCCCC1. The molecule has 0 radical (unpaired) electrons. The molecule has 1 aliphatic carbocycles. The molecule has 3 aromatic rings. The van der Waals surface area contributed by atoms with Crippen LogP contribution in [0.2, 0.25) is 0 Å². The predicted octanol–water partition coefficient (Wildman–Crippen LogP) is 5.00. The number of aromatic nitrogens is 3. The van der Waals surface area contributed by atoms with Crippen LogP contribution in [0.25, 0.3) is 21.6 Å². The Hall–Kier alpha value is -2.40. The Morgan fingerprint density at radius 3 is 2.62 bits per heavy atom. The van der Waals surface area contributed by atoms with Gasteiger partial charge in [0, 0.05) is 6.04 Å². The minimum Gasteiger partial charge on any atom is -0.353 e. The van der Waals surface area contributed by atoms with Crippen molar-refractivity contribution in [3.8, 4) is 10.6 Å². The molecule has 1 aliphatic rings. The first-order valence-corrected chi connectivity index (χ1v) is 12.2. The van der Waals surface area contributed by atoms with Gasteiger partial charge >= 0.3 is 6.18 Å². The lowest BCUT2D eigenvalue weighted by Gasteiger charge is -2.16. The minimum atomic E-state index is -4.74. The van der Waals surface area contributed by atoms with Crippen LogP contribution in [0.5, 0.6) is 0 Å². The number of fused-ring (bicyclic) bond motifs is 1. The van der Waals surface area contributed by atoms with Crippen molar-refractivity contribution in [1.82, 2.24) is 20.3 Å². The van der Waals surface area contributed by atoms with Crippen LogP contribution in [-0.4, -0.2) is 32.7 Å². The number of hydrogen-bond donors (Lipinski definition) is 2. The maximum absolute atomic E-state index is 13.7. The zero-order chi connectivity index (χ0) is 22.7. The van der Waals surface area contributed by atoms with Crippen molar-refractivity contribution in [3.05, 3.63) is 39.5 Å². The van der Waals surface area contributed by atoms with Gasteiger partial charge in [0.15, 0.2) is 10.8 Å². The van der Waals surface area contributed by atoms with Gasteiger partial charge in [0.1, 0.15) is 0 Å². The summed E-state index contributed by atoms with van der Waals surface area (Å²) in [6.45, 7) is 0. The van der Waals surface area contributed by atoms with E-state index in [9.17, 15) is 22.8 Å². The Kier molecular flexibility index (Phi) is 6.85. The second kappa shape index (κ2) is 9.62. The van der Waals surface area contributed by atoms with Crippen molar-refractivity contribution in [2.75, 3.05) is 5.75 Å². The monoisotopic (exact) mass is 482 g/mol. The topological polar surface area (TPSA) is 87.7 Å². The van der Waals surface area contributed by atoms with Gasteiger partial charge in [-0.2, -0.15) is 13.2 Å². The number of aromatic amines is 1. The number of carbonyl (C=O) groups excluding carboxylic acids is 1. The van der Waals surface area contributed by atoms with E-state index in [4.69, 9.17) is 0 Å². The molecule has 3 aromatic heterocycles. The summed E-state index contributed by atoms with van der Waals surface area (Å²) in [5.41, 5.74) is -2.21. The number of amides is 1. The molecule has 0 aromatic carbocycles. The zero-order valence-corrected chi connectivity index (χ0v) is 18.6. The Labute approximate surface area is 190 Å². The van der Waals surface area contributed by atoms with E-state index in [-0.39, 0.29) is 34.2 Å². The number of alkyl halides is 3. The van der Waals surface area contributed by atoms with Crippen LogP contribution in [0.15, 0.2) is 33.5 Å². The van der Waals surface area contributed by atoms with Crippen LogP contribution in [0, 0.1) is 0 Å². The molecular weight excluding hydrogens is 461 g/mol. The Balaban J connectivity index is 1.59. The Morgan fingerprint density at radius 2 is 1.97 bits per heavy atom. The number of thioether (sulfide) groups is 1. The molecule has 3 heterocycles. The Morgan fingerprint density at radius 1 is 1.22 bits per heavy atom. The smallest absolute Gasteiger partial charge is 0.353 e. The molecule has 0 saturated heterocycles. The molecule has 1 amide bonds. The molecule has 32 heavy (non-hydrogen) atoms. The number of H-pyrrole nitrogens is 1. The molecule has 2 N–H and O–H groups in total. The zero-order valence-electron chi connectivity index (χ0n) is 17.0. The van der Waals surface area contributed by atoms with E-state index >= 15 is 0 Å². The molecule has 0 aliphatic heterocycles. The average Bonchev–Trinajstić information content (AvgIpc) is 3.16. The molecule has 6 nitrogen and oxygen atoms in total. The predicted molar refractivity (Wildman–Crippen MR) is 119 cm³/mol. The molecule has 0 unspecified atom stereocenters. The molecule has 1 saturated carbocycles. The van der Waals surface area contributed by atoms with Gasteiger partial charge in [-0.25, -0.2) is 9.97 Å². The number of nitrogens with zero attached hydrogens (tertiary/aromatic N) is 2.